The molecule has 1 aliphatic heterocycles. The first-order valence-corrected chi connectivity index (χ1v) is 7.66. The van der Waals surface area contributed by atoms with Crippen LogP contribution in [0.2, 0.25) is 0 Å². The Balaban J connectivity index is 1.89. The smallest absolute Gasteiger partial charge is 0.249 e. The Morgan fingerprint density at radius 1 is 1.45 bits per heavy atom. The summed E-state index contributed by atoms with van der Waals surface area (Å²) in [6, 6.07) is 3.15. The highest BCUT2D eigenvalue weighted by atomic mass is 16.5. The second-order valence-corrected chi connectivity index (χ2v) is 5.81. The summed E-state index contributed by atoms with van der Waals surface area (Å²) in [7, 11) is 0. The molecule has 6 heteroatoms. The monoisotopic (exact) mass is 305 g/mol. The molecule has 0 aliphatic carbocycles. The van der Waals surface area contributed by atoms with Crippen LogP contribution in [0.15, 0.2) is 24.5 Å². The average molecular weight is 305 g/mol. The first kappa shape index (κ1) is 16.4. The molecule has 0 aromatic carbocycles. The Morgan fingerprint density at radius 3 is 2.86 bits per heavy atom. The van der Waals surface area contributed by atoms with Crippen LogP contribution >= 0.6 is 0 Å². The lowest BCUT2D eigenvalue weighted by molar-refractivity contribution is -0.135. The molecule has 0 spiro atoms. The van der Waals surface area contributed by atoms with Crippen molar-refractivity contribution in [3.8, 4) is 0 Å². The number of pyridine rings is 1. The molecular formula is C16H23N3O3. The van der Waals surface area contributed by atoms with E-state index >= 15 is 0 Å². The van der Waals surface area contributed by atoms with Crippen LogP contribution in [0, 0.1) is 5.92 Å². The van der Waals surface area contributed by atoms with Gasteiger partial charge in [0.2, 0.25) is 11.8 Å². The lowest BCUT2D eigenvalue weighted by Gasteiger charge is -2.23. The zero-order chi connectivity index (χ0) is 15.9. The number of aromatic nitrogens is 1. The summed E-state index contributed by atoms with van der Waals surface area (Å²) >= 11 is 0. The van der Waals surface area contributed by atoms with Crippen molar-refractivity contribution in [3.63, 3.8) is 0 Å². The molecule has 0 radical (unpaired) electrons. The van der Waals surface area contributed by atoms with E-state index < -0.39 is 12.1 Å². The first-order valence-electron chi connectivity index (χ1n) is 7.66. The van der Waals surface area contributed by atoms with Gasteiger partial charge in [-0.25, -0.2) is 0 Å². The fraction of sp³-hybridized carbons (Fsp3) is 0.562. The van der Waals surface area contributed by atoms with Gasteiger partial charge in [-0.05, 0) is 30.4 Å². The molecule has 1 fully saturated rings. The van der Waals surface area contributed by atoms with E-state index in [9.17, 15) is 9.59 Å². The Morgan fingerprint density at radius 2 is 2.27 bits per heavy atom. The minimum atomic E-state index is -0.562. The van der Waals surface area contributed by atoms with E-state index in [0.717, 1.165) is 12.0 Å². The Kier molecular flexibility index (Phi) is 5.89. The lowest BCUT2D eigenvalue weighted by atomic mass is 10.0. The summed E-state index contributed by atoms with van der Waals surface area (Å²) in [5.41, 5.74) is 0.920. The Hall–Kier alpha value is -1.95. The van der Waals surface area contributed by atoms with Gasteiger partial charge in [0.05, 0.1) is 0 Å². The molecule has 2 atom stereocenters. The Labute approximate surface area is 130 Å². The second-order valence-electron chi connectivity index (χ2n) is 5.81. The fourth-order valence-corrected chi connectivity index (χ4v) is 2.37. The maximum atomic E-state index is 12.3. The number of carbonyl (C=O) groups is 2. The minimum absolute atomic E-state index is 0.000693. The molecule has 0 saturated carbocycles. The van der Waals surface area contributed by atoms with Crippen LogP contribution < -0.4 is 10.6 Å². The van der Waals surface area contributed by atoms with Crippen molar-refractivity contribution in [1.29, 1.82) is 0 Å². The van der Waals surface area contributed by atoms with Crippen LogP contribution in [0.5, 0.6) is 0 Å². The van der Waals surface area contributed by atoms with Gasteiger partial charge in [-0.15, -0.1) is 0 Å². The second kappa shape index (κ2) is 7.89. The number of carbonyl (C=O) groups excluding carboxylic acids is 2. The highest BCUT2D eigenvalue weighted by molar-refractivity contribution is 5.89. The summed E-state index contributed by atoms with van der Waals surface area (Å²) < 4.78 is 5.35. The maximum absolute atomic E-state index is 12.3. The van der Waals surface area contributed by atoms with Crippen molar-refractivity contribution in [2.45, 2.75) is 45.4 Å². The van der Waals surface area contributed by atoms with Crippen LogP contribution in [0.25, 0.3) is 0 Å². The van der Waals surface area contributed by atoms with Gasteiger partial charge >= 0.3 is 0 Å². The first-order chi connectivity index (χ1) is 10.6. The van der Waals surface area contributed by atoms with Crippen molar-refractivity contribution >= 4 is 11.8 Å². The molecule has 1 saturated heterocycles. The summed E-state index contributed by atoms with van der Waals surface area (Å²) in [5.74, 6) is -0.392. The van der Waals surface area contributed by atoms with Crippen LogP contribution in [-0.2, 0) is 20.9 Å². The SMILES string of the molecule is CC(C)[C@@H](NC(=O)C1CCCO1)C(=O)NCc1cccnc1. The van der Waals surface area contributed by atoms with E-state index in [-0.39, 0.29) is 17.7 Å². The zero-order valence-corrected chi connectivity index (χ0v) is 13.0. The topological polar surface area (TPSA) is 80.3 Å². The third-order valence-electron chi connectivity index (χ3n) is 3.66. The molecular weight excluding hydrogens is 282 g/mol. The molecule has 22 heavy (non-hydrogen) atoms. The van der Waals surface area contributed by atoms with Gasteiger partial charge in [0, 0.05) is 25.5 Å². The predicted molar refractivity (Wildman–Crippen MR) is 81.8 cm³/mol. The number of nitrogens with one attached hydrogen (secondary N) is 2. The molecule has 0 bridgehead atoms. The van der Waals surface area contributed by atoms with Crippen LogP contribution in [-0.4, -0.2) is 35.6 Å². The van der Waals surface area contributed by atoms with Gasteiger partial charge in [-0.1, -0.05) is 19.9 Å². The van der Waals surface area contributed by atoms with Gasteiger partial charge in [-0.3, -0.25) is 14.6 Å². The van der Waals surface area contributed by atoms with E-state index in [1.54, 1.807) is 12.4 Å². The summed E-state index contributed by atoms with van der Waals surface area (Å²) in [6.07, 6.45) is 4.57. The predicted octanol–water partition coefficient (Wildman–Crippen LogP) is 1.02. The van der Waals surface area contributed by atoms with Gasteiger partial charge < -0.3 is 15.4 Å². The third kappa shape index (κ3) is 4.53. The number of hydrogen-bond acceptors (Lipinski definition) is 4. The molecule has 1 aromatic heterocycles. The van der Waals surface area contributed by atoms with Gasteiger partial charge in [0.1, 0.15) is 12.1 Å². The van der Waals surface area contributed by atoms with Gasteiger partial charge in [0.15, 0.2) is 0 Å². The highest BCUT2D eigenvalue weighted by Gasteiger charge is 2.29. The van der Waals surface area contributed by atoms with Gasteiger partial charge in [0.25, 0.3) is 0 Å². The fourth-order valence-electron chi connectivity index (χ4n) is 2.37. The van der Waals surface area contributed by atoms with E-state index in [4.69, 9.17) is 4.74 Å². The quantitative estimate of drug-likeness (QED) is 0.822. The van der Waals surface area contributed by atoms with E-state index in [2.05, 4.69) is 15.6 Å². The molecule has 2 N–H and O–H groups in total. The minimum Gasteiger partial charge on any atom is -0.368 e. The van der Waals surface area contributed by atoms with Crippen LogP contribution in [0.4, 0.5) is 0 Å². The molecule has 2 amide bonds. The lowest BCUT2D eigenvalue weighted by Crippen LogP contribution is -2.52. The molecule has 120 valence electrons. The van der Waals surface area contributed by atoms with Crippen molar-refractivity contribution < 1.29 is 14.3 Å². The highest BCUT2D eigenvalue weighted by Crippen LogP contribution is 2.13. The van der Waals surface area contributed by atoms with Crippen LogP contribution in [0.3, 0.4) is 0 Å². The maximum Gasteiger partial charge on any atom is 0.249 e. The van der Waals surface area contributed by atoms with Crippen LogP contribution in [0.1, 0.15) is 32.3 Å². The van der Waals surface area contributed by atoms with Crippen molar-refractivity contribution in [3.05, 3.63) is 30.1 Å². The number of hydrogen-bond donors (Lipinski definition) is 2. The summed E-state index contributed by atoms with van der Waals surface area (Å²) in [6.45, 7) is 4.82. The molecule has 6 nitrogen and oxygen atoms in total. The summed E-state index contributed by atoms with van der Waals surface area (Å²) in [5, 5.41) is 5.64. The van der Waals surface area contributed by atoms with Crippen molar-refractivity contribution in [2.75, 3.05) is 6.61 Å². The average Bonchev–Trinajstić information content (AvgIpc) is 3.05. The van der Waals surface area contributed by atoms with Gasteiger partial charge in [-0.2, -0.15) is 0 Å². The largest absolute Gasteiger partial charge is 0.368 e. The Bertz CT molecular complexity index is 499. The summed E-state index contributed by atoms with van der Waals surface area (Å²) in [4.78, 5) is 28.4. The molecule has 1 aliphatic rings. The van der Waals surface area contributed by atoms with E-state index in [1.165, 1.54) is 0 Å². The molecule has 1 unspecified atom stereocenters. The normalized spacial score (nSPS) is 19.0. The number of rotatable bonds is 6. The van der Waals surface area contributed by atoms with E-state index in [1.807, 2.05) is 26.0 Å². The molecule has 2 rings (SSSR count). The van der Waals surface area contributed by atoms with Crippen molar-refractivity contribution in [2.24, 2.45) is 5.92 Å². The molecule has 2 heterocycles. The van der Waals surface area contributed by atoms with E-state index in [0.29, 0.717) is 19.6 Å². The standard InChI is InChI=1S/C16H23N3O3/c1-11(2)14(19-15(20)13-6-4-8-22-13)16(21)18-10-12-5-3-7-17-9-12/h3,5,7,9,11,13-14H,4,6,8,10H2,1-2H3,(H,18,21)(H,19,20)/t13?,14-/m1/s1. The number of amides is 2. The number of nitrogens with zero attached hydrogens (tertiary/aromatic N) is 1. The zero-order valence-electron chi connectivity index (χ0n) is 13.0. The third-order valence-corrected chi connectivity index (χ3v) is 3.66. The molecule has 1 aromatic rings. The number of ether oxygens (including phenoxy) is 1. The van der Waals surface area contributed by atoms with Crippen molar-refractivity contribution in [1.82, 2.24) is 15.6 Å².